The van der Waals surface area contributed by atoms with Gasteiger partial charge in [-0.05, 0) is 13.3 Å². The van der Waals surface area contributed by atoms with Gasteiger partial charge in [-0.2, -0.15) is 0 Å². The van der Waals surface area contributed by atoms with Crippen LogP contribution in [-0.2, 0) is 9.59 Å². The summed E-state index contributed by atoms with van der Waals surface area (Å²) < 4.78 is 0. The number of carbonyl (C=O) groups excluding carboxylic acids is 2. The molecule has 0 aromatic carbocycles. The monoisotopic (exact) mass is 425 g/mol. The van der Waals surface area contributed by atoms with E-state index >= 15 is 0 Å². The summed E-state index contributed by atoms with van der Waals surface area (Å²) in [5.74, 6) is -1.97. The van der Waals surface area contributed by atoms with Gasteiger partial charge >= 0.3 is 51.4 Å². The van der Waals surface area contributed by atoms with Crippen LogP contribution in [0, 0.1) is 5.41 Å². The van der Waals surface area contributed by atoms with Gasteiger partial charge in [0.2, 0.25) is 5.91 Å². The van der Waals surface area contributed by atoms with Crippen LogP contribution >= 0.6 is 0 Å². The van der Waals surface area contributed by atoms with Crippen molar-refractivity contribution >= 4 is 11.9 Å². The Labute approximate surface area is 213 Å². The molecule has 0 aliphatic carbocycles. The molecule has 0 radical (unpaired) electrons. The van der Waals surface area contributed by atoms with Gasteiger partial charge in [0.25, 0.3) is 0 Å². The number of hydrogen-bond acceptors (Lipinski definition) is 5. The smallest absolute Gasteiger partial charge is 0.549 e. The van der Waals surface area contributed by atoms with Gasteiger partial charge in [-0.3, -0.25) is 4.79 Å². The zero-order valence-electron chi connectivity index (χ0n) is 18.4. The van der Waals surface area contributed by atoms with Gasteiger partial charge in [0.1, 0.15) is 0 Å². The Morgan fingerprint density at radius 3 is 1.57 bits per heavy atom. The molecule has 1 amide bonds. The van der Waals surface area contributed by atoms with Gasteiger partial charge in [-0.1, -0.05) is 77.6 Å². The van der Waals surface area contributed by atoms with Crippen LogP contribution < -0.4 is 56.5 Å². The number of carboxylic acids is 1. The molecule has 0 aliphatic rings. The van der Waals surface area contributed by atoms with Crippen LogP contribution in [0.25, 0.3) is 0 Å². The van der Waals surface area contributed by atoms with Gasteiger partial charge in [0.15, 0.2) is 0 Å². The van der Waals surface area contributed by atoms with E-state index in [1.165, 1.54) is 56.8 Å². The fourth-order valence-corrected chi connectivity index (χ4v) is 3.34. The fraction of sp³-hybridized carbons (Fsp3) is 0.905. The maximum absolute atomic E-state index is 12.6. The molecule has 0 saturated heterocycles. The minimum absolute atomic E-state index is 0. The van der Waals surface area contributed by atoms with E-state index in [0.29, 0.717) is 6.42 Å². The third-order valence-corrected chi connectivity index (χ3v) is 5.23. The molecule has 0 heterocycles. The predicted octanol–water partition coefficient (Wildman–Crippen LogP) is -0.739. The van der Waals surface area contributed by atoms with Gasteiger partial charge in [-0.25, -0.2) is 0 Å². The summed E-state index contributed by atoms with van der Waals surface area (Å²) >= 11 is 0. The number of aliphatic carboxylic acids is 1. The first-order valence-electron chi connectivity index (χ1n) is 10.7. The number of hydrogen-bond donors (Lipinski definition) is 2. The Morgan fingerprint density at radius 1 is 0.821 bits per heavy atom. The molecule has 160 valence electrons. The molecule has 0 rings (SSSR count). The molecule has 0 aromatic rings. The molecule has 0 aliphatic heterocycles. The topological polar surface area (TPSA) is 101 Å². The number of amides is 1. The third kappa shape index (κ3) is 12.9. The van der Waals surface area contributed by atoms with E-state index in [2.05, 4.69) is 6.92 Å². The van der Waals surface area contributed by atoms with E-state index in [1.54, 1.807) is 0 Å². The summed E-state index contributed by atoms with van der Waals surface area (Å²) in [4.78, 5) is 25.4. The summed E-state index contributed by atoms with van der Waals surface area (Å²) in [6, 6.07) is 0. The average molecular weight is 426 g/mol. The largest absolute Gasteiger partial charge is 1.00 e. The first kappa shape index (κ1) is 30.7. The Morgan fingerprint density at radius 2 is 1.21 bits per heavy atom. The number of carboxylic acid groups (broad SMARTS) is 1. The summed E-state index contributed by atoms with van der Waals surface area (Å²) in [7, 11) is 0. The van der Waals surface area contributed by atoms with Gasteiger partial charge in [0, 0.05) is 13.1 Å². The van der Waals surface area contributed by atoms with Crippen LogP contribution in [0.15, 0.2) is 0 Å². The second-order valence-corrected chi connectivity index (χ2v) is 7.64. The Balaban J connectivity index is 0. The first-order valence-corrected chi connectivity index (χ1v) is 10.7. The van der Waals surface area contributed by atoms with E-state index in [9.17, 15) is 14.7 Å². The second-order valence-electron chi connectivity index (χ2n) is 7.64. The van der Waals surface area contributed by atoms with Crippen LogP contribution in [-0.4, -0.2) is 53.3 Å². The molecule has 6 nitrogen and oxygen atoms in total. The van der Waals surface area contributed by atoms with Crippen molar-refractivity contribution in [1.82, 2.24) is 4.90 Å². The normalized spacial score (nSPS) is 12.9. The summed E-state index contributed by atoms with van der Waals surface area (Å²) in [5.41, 5.74) is -1.61. The van der Waals surface area contributed by atoms with Crippen molar-refractivity contribution in [3.05, 3.63) is 0 Å². The van der Waals surface area contributed by atoms with Crippen LogP contribution in [0.5, 0.6) is 0 Å². The van der Waals surface area contributed by atoms with Crippen LogP contribution in [0.1, 0.15) is 90.9 Å². The van der Waals surface area contributed by atoms with E-state index in [0.717, 1.165) is 19.3 Å². The molecule has 1 atom stereocenters. The molecular weight excluding hydrogens is 385 g/mol. The first-order chi connectivity index (χ1) is 12.9. The van der Waals surface area contributed by atoms with E-state index in [4.69, 9.17) is 10.2 Å². The number of nitrogens with zero attached hydrogens (tertiary/aromatic N) is 1. The average Bonchev–Trinajstić information content (AvgIpc) is 2.65. The summed E-state index contributed by atoms with van der Waals surface area (Å²) in [6.07, 6.45) is 13.0. The molecule has 2 N–H and O–H groups in total. The summed E-state index contributed by atoms with van der Waals surface area (Å²) in [5, 5.41) is 29.7. The zero-order chi connectivity index (χ0) is 20.5. The fourth-order valence-electron chi connectivity index (χ4n) is 3.34. The Hall–Kier alpha value is 0.496. The van der Waals surface area contributed by atoms with Crippen molar-refractivity contribution in [2.75, 3.05) is 26.3 Å². The number of aliphatic hydroxyl groups is 2. The molecule has 1 unspecified atom stereocenters. The van der Waals surface area contributed by atoms with Crippen molar-refractivity contribution in [3.63, 3.8) is 0 Å². The van der Waals surface area contributed by atoms with E-state index < -0.39 is 17.3 Å². The van der Waals surface area contributed by atoms with Crippen molar-refractivity contribution in [3.8, 4) is 0 Å². The number of unbranched alkanes of at least 4 members (excludes halogenated alkanes) is 10. The van der Waals surface area contributed by atoms with Crippen molar-refractivity contribution in [2.45, 2.75) is 90.9 Å². The maximum atomic E-state index is 12.6. The van der Waals surface area contributed by atoms with Gasteiger partial charge in [0.05, 0.1) is 24.6 Å². The van der Waals surface area contributed by atoms with E-state index in [1.807, 2.05) is 0 Å². The Bertz CT molecular complexity index is 402. The van der Waals surface area contributed by atoms with Crippen molar-refractivity contribution in [2.24, 2.45) is 5.41 Å². The molecular formula is C21H40KNO5. The molecule has 0 spiro atoms. The molecule has 0 bridgehead atoms. The Kier molecular flexibility index (Phi) is 21.3. The third-order valence-electron chi connectivity index (χ3n) is 5.23. The van der Waals surface area contributed by atoms with Gasteiger partial charge in [-0.15, -0.1) is 0 Å². The second kappa shape index (κ2) is 19.5. The van der Waals surface area contributed by atoms with Crippen molar-refractivity contribution < 1.29 is 76.3 Å². The molecule has 0 saturated carbocycles. The maximum Gasteiger partial charge on any atom is 1.00 e. The molecule has 7 heteroatoms. The number of rotatable bonds is 18. The minimum atomic E-state index is -1.61. The number of aliphatic hydroxyl groups excluding tert-OH is 2. The predicted molar refractivity (Wildman–Crippen MR) is 105 cm³/mol. The molecule has 28 heavy (non-hydrogen) atoms. The van der Waals surface area contributed by atoms with Crippen LogP contribution in [0.3, 0.4) is 0 Å². The van der Waals surface area contributed by atoms with Crippen LogP contribution in [0.4, 0.5) is 0 Å². The van der Waals surface area contributed by atoms with E-state index in [-0.39, 0.29) is 84.1 Å². The van der Waals surface area contributed by atoms with Crippen molar-refractivity contribution in [1.29, 1.82) is 0 Å². The molecule has 0 aromatic heterocycles. The minimum Gasteiger partial charge on any atom is -0.549 e. The quantitative estimate of drug-likeness (QED) is 0.171. The summed E-state index contributed by atoms with van der Waals surface area (Å²) in [6.45, 7) is 3.10. The standard InChI is InChI=1S/C21H41NO5.K/c1-3-4-5-6-7-8-9-10-11-12-13-14-21(2,20(26)27)19(25)22(15-17-23)16-18-24;/h23-24H,3-18H2,1-2H3,(H,26,27);/q;+1/p-1. The number of carbonyl (C=O) groups is 2. The van der Waals surface area contributed by atoms with Crippen LogP contribution in [0.2, 0.25) is 0 Å². The zero-order valence-corrected chi connectivity index (χ0v) is 21.5. The van der Waals surface area contributed by atoms with Gasteiger partial charge < -0.3 is 25.0 Å². The molecule has 0 fully saturated rings. The SMILES string of the molecule is CCCCCCCCCCCCCC(C)(C(=O)[O-])C(=O)N(CCO)CCO.[K+].